The standard InChI is InChI=1S/C38H43NO4/c1-4-27-13-19-34-31(24-27)15-16-32-25-30(23-28-9-7-6-8-10-28)14-20-35(32)37(34)39(3)21-22-43-33-17-11-29(12-18-33)26-36(38(40)41)42-5-2/h6-14,17-20,24-25,36-37H,4-5,15-16,21-23,26H2,1-3H3,(H,40,41). The van der Waals surface area contributed by atoms with Crippen LogP contribution in [0.25, 0.3) is 0 Å². The summed E-state index contributed by atoms with van der Waals surface area (Å²) in [5.41, 5.74) is 10.6. The number of likely N-dealkylation sites (N-methyl/N-ethyl adjacent to an activating group) is 1. The number of aliphatic carboxylic acids is 1. The Hall–Kier alpha value is -3.93. The second kappa shape index (κ2) is 14.5. The summed E-state index contributed by atoms with van der Waals surface area (Å²) in [5, 5.41) is 9.38. The van der Waals surface area contributed by atoms with Crippen molar-refractivity contribution < 1.29 is 19.4 Å². The molecule has 0 aliphatic heterocycles. The first-order valence-corrected chi connectivity index (χ1v) is 15.5. The molecule has 0 aromatic heterocycles. The highest BCUT2D eigenvalue weighted by molar-refractivity contribution is 5.72. The van der Waals surface area contributed by atoms with Crippen molar-refractivity contribution in [2.24, 2.45) is 0 Å². The normalized spacial score (nSPS) is 14.9. The molecule has 0 heterocycles. The zero-order chi connectivity index (χ0) is 30.2. The molecular weight excluding hydrogens is 534 g/mol. The lowest BCUT2D eigenvalue weighted by atomic mass is 9.90. The van der Waals surface area contributed by atoms with Crippen molar-refractivity contribution in [1.82, 2.24) is 4.90 Å². The SMILES string of the molecule is CCOC(Cc1ccc(OCCN(C)C2c3ccc(CC)cc3CCc3cc(Cc4ccccc4)ccc32)cc1)C(=O)O. The fourth-order valence-electron chi connectivity index (χ4n) is 6.15. The van der Waals surface area contributed by atoms with Gasteiger partial charge in [-0.1, -0.05) is 85.8 Å². The minimum absolute atomic E-state index is 0.154. The second-order valence-corrected chi connectivity index (χ2v) is 11.4. The molecule has 4 aromatic carbocycles. The minimum atomic E-state index is -0.940. The molecule has 1 aliphatic rings. The van der Waals surface area contributed by atoms with E-state index in [9.17, 15) is 9.90 Å². The van der Waals surface area contributed by atoms with Crippen LogP contribution >= 0.6 is 0 Å². The molecule has 0 fully saturated rings. The first kappa shape index (κ1) is 30.5. The highest BCUT2D eigenvalue weighted by Gasteiger charge is 2.27. The highest BCUT2D eigenvalue weighted by atomic mass is 16.5. The smallest absolute Gasteiger partial charge is 0.333 e. The van der Waals surface area contributed by atoms with Crippen LogP contribution in [0, 0.1) is 0 Å². The van der Waals surface area contributed by atoms with Crippen molar-refractivity contribution >= 4 is 5.97 Å². The Morgan fingerprint density at radius 3 is 2.09 bits per heavy atom. The van der Waals surface area contributed by atoms with Gasteiger partial charge in [-0.15, -0.1) is 0 Å². The fourth-order valence-corrected chi connectivity index (χ4v) is 6.15. The van der Waals surface area contributed by atoms with Crippen LogP contribution in [-0.2, 0) is 41.6 Å². The van der Waals surface area contributed by atoms with E-state index in [0.29, 0.717) is 19.6 Å². The maximum Gasteiger partial charge on any atom is 0.333 e. The molecule has 0 bridgehead atoms. The van der Waals surface area contributed by atoms with Crippen molar-refractivity contribution in [2.75, 3.05) is 26.8 Å². The summed E-state index contributed by atoms with van der Waals surface area (Å²) < 4.78 is 11.5. The average molecular weight is 578 g/mol. The molecule has 5 heteroatoms. The van der Waals surface area contributed by atoms with Crippen molar-refractivity contribution in [3.8, 4) is 5.75 Å². The van der Waals surface area contributed by atoms with Crippen molar-refractivity contribution in [3.05, 3.63) is 136 Å². The predicted molar refractivity (Wildman–Crippen MR) is 172 cm³/mol. The molecule has 5 nitrogen and oxygen atoms in total. The van der Waals surface area contributed by atoms with Gasteiger partial charge in [-0.3, -0.25) is 4.90 Å². The molecule has 0 saturated carbocycles. The number of nitrogens with zero attached hydrogens (tertiary/aromatic N) is 1. The van der Waals surface area contributed by atoms with Gasteiger partial charge in [0.05, 0.1) is 6.04 Å². The first-order valence-electron chi connectivity index (χ1n) is 15.5. The molecule has 2 unspecified atom stereocenters. The van der Waals surface area contributed by atoms with Gasteiger partial charge >= 0.3 is 5.97 Å². The number of rotatable bonds is 13. The number of hydrogen-bond acceptors (Lipinski definition) is 4. The molecule has 224 valence electrons. The lowest BCUT2D eigenvalue weighted by molar-refractivity contribution is -0.149. The van der Waals surface area contributed by atoms with E-state index < -0.39 is 12.1 Å². The van der Waals surface area contributed by atoms with Crippen LogP contribution in [0.3, 0.4) is 0 Å². The van der Waals surface area contributed by atoms with Gasteiger partial charge in [0.25, 0.3) is 0 Å². The van der Waals surface area contributed by atoms with E-state index in [1.165, 1.54) is 38.9 Å². The topological polar surface area (TPSA) is 59.0 Å². The molecule has 4 aromatic rings. The molecule has 0 saturated heterocycles. The molecule has 0 amide bonds. The lowest BCUT2D eigenvalue weighted by Gasteiger charge is -2.31. The zero-order valence-electron chi connectivity index (χ0n) is 25.6. The fraction of sp³-hybridized carbons (Fsp3) is 0.342. The third kappa shape index (κ3) is 7.73. The molecule has 1 aliphatic carbocycles. The van der Waals surface area contributed by atoms with Crippen LogP contribution in [-0.4, -0.2) is 48.9 Å². The molecule has 43 heavy (non-hydrogen) atoms. The number of carbonyl (C=O) groups is 1. The van der Waals surface area contributed by atoms with Crippen LogP contribution < -0.4 is 4.74 Å². The van der Waals surface area contributed by atoms with Gasteiger partial charge in [0.1, 0.15) is 12.4 Å². The summed E-state index contributed by atoms with van der Waals surface area (Å²) in [6.45, 7) is 5.71. The van der Waals surface area contributed by atoms with Crippen LogP contribution in [0.2, 0.25) is 0 Å². The van der Waals surface area contributed by atoms with Crippen molar-refractivity contribution in [1.29, 1.82) is 0 Å². The second-order valence-electron chi connectivity index (χ2n) is 11.4. The summed E-state index contributed by atoms with van der Waals surface area (Å²) >= 11 is 0. The molecule has 0 spiro atoms. The van der Waals surface area contributed by atoms with E-state index >= 15 is 0 Å². The summed E-state index contributed by atoms with van der Waals surface area (Å²) in [5.74, 6) is -0.162. The first-order chi connectivity index (χ1) is 20.9. The minimum Gasteiger partial charge on any atom is -0.492 e. The number of benzene rings is 4. The molecule has 2 atom stereocenters. The zero-order valence-corrected chi connectivity index (χ0v) is 25.6. The van der Waals surface area contributed by atoms with E-state index in [1.807, 2.05) is 31.2 Å². The highest BCUT2D eigenvalue weighted by Crippen LogP contribution is 2.37. The Morgan fingerprint density at radius 2 is 1.47 bits per heavy atom. The van der Waals surface area contributed by atoms with Crippen LogP contribution in [0.5, 0.6) is 5.75 Å². The molecule has 1 N–H and O–H groups in total. The third-order valence-corrected chi connectivity index (χ3v) is 8.47. The Labute approximate surface area is 256 Å². The van der Waals surface area contributed by atoms with Gasteiger partial charge in [-0.25, -0.2) is 4.79 Å². The Morgan fingerprint density at radius 1 is 0.837 bits per heavy atom. The van der Waals surface area contributed by atoms with Crippen LogP contribution in [0.4, 0.5) is 0 Å². The van der Waals surface area contributed by atoms with E-state index in [2.05, 4.69) is 85.6 Å². The van der Waals surface area contributed by atoms with Gasteiger partial charge in [-0.05, 0) is 96.3 Å². The summed E-state index contributed by atoms with van der Waals surface area (Å²) in [7, 11) is 2.20. The largest absolute Gasteiger partial charge is 0.492 e. The van der Waals surface area contributed by atoms with E-state index in [0.717, 1.165) is 43.5 Å². The van der Waals surface area contributed by atoms with Gasteiger partial charge < -0.3 is 14.6 Å². The summed E-state index contributed by atoms with van der Waals surface area (Å²) in [6, 6.07) is 32.6. The van der Waals surface area contributed by atoms with E-state index in [-0.39, 0.29) is 6.04 Å². The maximum absolute atomic E-state index is 11.4. The summed E-state index contributed by atoms with van der Waals surface area (Å²) in [6.07, 6.45) is 3.56. The Balaban J connectivity index is 1.31. The Bertz CT molecular complexity index is 1500. The predicted octanol–water partition coefficient (Wildman–Crippen LogP) is 7.07. The van der Waals surface area contributed by atoms with Gasteiger partial charge in [0.15, 0.2) is 6.10 Å². The Kier molecular flexibility index (Phi) is 10.3. The van der Waals surface area contributed by atoms with Crippen LogP contribution in [0.15, 0.2) is 91.0 Å². The number of hydrogen-bond donors (Lipinski definition) is 1. The van der Waals surface area contributed by atoms with Gasteiger partial charge in [-0.2, -0.15) is 0 Å². The molecular formula is C38H43NO4. The van der Waals surface area contributed by atoms with Gasteiger partial charge in [0, 0.05) is 19.6 Å². The number of carboxylic acid groups (broad SMARTS) is 1. The molecule has 0 radical (unpaired) electrons. The number of fused-ring (bicyclic) bond motifs is 2. The third-order valence-electron chi connectivity index (χ3n) is 8.47. The number of aryl methyl sites for hydroxylation is 3. The average Bonchev–Trinajstić information content (AvgIpc) is 3.18. The van der Waals surface area contributed by atoms with E-state index in [1.54, 1.807) is 0 Å². The quantitative estimate of drug-likeness (QED) is 0.184. The van der Waals surface area contributed by atoms with E-state index in [4.69, 9.17) is 9.47 Å². The van der Waals surface area contributed by atoms with Gasteiger partial charge in [0.2, 0.25) is 0 Å². The summed E-state index contributed by atoms with van der Waals surface area (Å²) in [4.78, 5) is 13.9. The van der Waals surface area contributed by atoms with Crippen molar-refractivity contribution in [2.45, 2.75) is 58.1 Å². The number of ether oxygens (including phenoxy) is 2. The lowest BCUT2D eigenvalue weighted by Crippen LogP contribution is -2.30. The van der Waals surface area contributed by atoms with Crippen LogP contribution in [0.1, 0.15) is 64.4 Å². The number of carboxylic acids is 1. The van der Waals surface area contributed by atoms with Crippen molar-refractivity contribution in [3.63, 3.8) is 0 Å². The maximum atomic E-state index is 11.4. The molecule has 5 rings (SSSR count). The monoisotopic (exact) mass is 577 g/mol.